The minimum absolute atomic E-state index is 0.00671. The third-order valence-electron chi connectivity index (χ3n) is 26.6. The van der Waals surface area contributed by atoms with E-state index >= 15 is 0 Å². The molecule has 0 aromatic heterocycles. The monoisotopic (exact) mass is 1430 g/mol. The Labute approximate surface area is 627 Å². The first kappa shape index (κ1) is 72.8. The number of hydrogen-bond acceptors (Lipinski definition) is 12. The second-order valence-corrected chi connectivity index (χ2v) is 33.2. The van der Waals surface area contributed by atoms with E-state index in [0.29, 0.717) is 61.3 Å². The predicted molar refractivity (Wildman–Crippen MR) is 416 cm³/mol. The molecule has 16 heteroatoms. The molecule has 10 aliphatic rings. The van der Waals surface area contributed by atoms with E-state index in [1.54, 1.807) is 15.9 Å². The van der Waals surface area contributed by atoms with Gasteiger partial charge in [-0.05, 0) is 204 Å². The van der Waals surface area contributed by atoms with Crippen LogP contribution in [0.2, 0.25) is 0 Å². The van der Waals surface area contributed by atoms with Gasteiger partial charge in [-0.15, -0.1) is 0 Å². The maximum Gasteiger partial charge on any atom is 0.415 e. The third kappa shape index (κ3) is 14.8. The van der Waals surface area contributed by atoms with Gasteiger partial charge in [0.1, 0.15) is 30.5 Å². The number of fused-ring (bicyclic) bond motifs is 18. The van der Waals surface area contributed by atoms with Gasteiger partial charge in [0.25, 0.3) is 0 Å². The summed E-state index contributed by atoms with van der Waals surface area (Å²) in [7, 11) is 4.15. The van der Waals surface area contributed by atoms with E-state index in [1.807, 2.05) is 18.2 Å². The van der Waals surface area contributed by atoms with Crippen LogP contribution in [0.3, 0.4) is 0 Å². The normalized spacial score (nSPS) is 26.5. The molecule has 5 fully saturated rings. The number of benzene rings is 7. The van der Waals surface area contributed by atoms with Gasteiger partial charge in [-0.1, -0.05) is 194 Å². The number of amides is 4. The lowest BCUT2D eigenvalue weighted by Crippen LogP contribution is -2.57. The van der Waals surface area contributed by atoms with Crippen LogP contribution in [0.25, 0.3) is 22.3 Å². The van der Waals surface area contributed by atoms with Gasteiger partial charge in [0, 0.05) is 98.6 Å². The Balaban J connectivity index is 0.000000131. The average Bonchev–Trinajstić information content (AvgIpc) is 1.24. The highest BCUT2D eigenvalue weighted by Gasteiger charge is 2.50. The molecule has 4 amide bonds. The highest BCUT2D eigenvalue weighted by molar-refractivity contribution is 5.81. The van der Waals surface area contributed by atoms with Crippen LogP contribution in [0.15, 0.2) is 152 Å². The van der Waals surface area contributed by atoms with Crippen LogP contribution >= 0.6 is 0 Å². The Morgan fingerprint density at radius 1 is 0.434 bits per heavy atom. The zero-order valence-electron chi connectivity index (χ0n) is 62.9. The maximum absolute atomic E-state index is 13.6. The summed E-state index contributed by atoms with van der Waals surface area (Å²) >= 11 is 0. The van der Waals surface area contributed by atoms with Crippen molar-refractivity contribution in [3.8, 4) is 39.5 Å². The minimum Gasteiger partial charge on any atom is -0.508 e. The van der Waals surface area contributed by atoms with Crippen LogP contribution in [-0.4, -0.2) is 147 Å². The fourth-order valence-electron chi connectivity index (χ4n) is 20.5. The standard InChI is InChI=1S/C37H43N3O4.C31H33NO3.C22H33N3O2/c1-37-17-9-3-4-10-26(22-25-15-16-27(23-33(25)37)44-36(42)40-20-18-39(2)19-21-40)34(37)38-35(41)43-24-32-30-13-7-5-11-28(30)29-12-6-8-14-31(29)32;1-31-16-8-2-3-9-21(17-20-14-15-22(33)18-28(20)31)29(31)32-30(34)35-19-27-25-12-6-4-10-23(25)24-11-5-7-13-26(24)27;1-22-9-5-3-4-6-17(20(22)23)14-16-7-8-18(15-19(16)22)27-21(26)25-12-10-24(2)11-13-25/h5-8,11-16,23,26,32,34H,3-4,9-10,17-22,24H2,1-2H3,(H,38,41);4-7,10-15,18,21,27,29,33H,2-3,8-9,16-17,19H2,1H3,(H,32,34);7-8,15,17,20H,3-6,9-14,23H2,1-2H3/t26-,34-,37+;21-,29-,31+;17-,20-,22+/m000/s1. The number of nitrogens with zero attached hydrogens (tertiary/aromatic N) is 4. The molecule has 558 valence electrons. The molecule has 2 aliphatic heterocycles. The SMILES string of the molecule is CN1CCN(C(=O)Oc2ccc3c(c2)[C@@]2(C)CCCCC[C@@H](C3)[C@@H]2N)CC1.CN1CCN(C(=O)Oc2ccc3c(c2)[C@@]2(C)CCCCC[C@@H](C3)[C@@H]2NC(=O)OCC2c3ccccc3-c3ccccc32)CC1.C[C@@]12CCCCC[C@@H](Cc3ccc(O)cc31)[C@@H]2NC(=O)OCC1c2ccccc2-c2ccccc21. The molecule has 17 rings (SSSR count). The summed E-state index contributed by atoms with van der Waals surface area (Å²) in [6, 6.07) is 51.9. The van der Waals surface area contributed by atoms with Crippen LogP contribution in [0.5, 0.6) is 17.2 Å². The molecule has 3 saturated carbocycles. The average molecular weight is 1430 g/mol. The third-order valence-corrected chi connectivity index (χ3v) is 26.6. The van der Waals surface area contributed by atoms with Crippen LogP contribution in [-0.2, 0) is 45.0 Å². The van der Waals surface area contributed by atoms with Crippen LogP contribution in [0.1, 0.15) is 185 Å². The van der Waals surface area contributed by atoms with Gasteiger partial charge in [0.05, 0.1) is 0 Å². The van der Waals surface area contributed by atoms with Crippen LogP contribution in [0.4, 0.5) is 19.2 Å². The number of phenolic OH excluding ortho intramolecular Hbond substituents is 1. The summed E-state index contributed by atoms with van der Waals surface area (Å²) < 4.78 is 23.6. The smallest absolute Gasteiger partial charge is 0.415 e. The lowest BCUT2D eigenvalue weighted by molar-refractivity contribution is 0.111. The lowest BCUT2D eigenvalue weighted by Gasteiger charge is -2.49. The molecule has 106 heavy (non-hydrogen) atoms. The van der Waals surface area contributed by atoms with Crippen molar-refractivity contribution in [2.75, 3.05) is 79.7 Å². The molecule has 7 aromatic rings. The molecule has 8 aliphatic carbocycles. The van der Waals surface area contributed by atoms with Gasteiger partial charge in [0.15, 0.2) is 0 Å². The van der Waals surface area contributed by atoms with Crippen molar-refractivity contribution in [1.82, 2.24) is 30.2 Å². The van der Waals surface area contributed by atoms with Crippen molar-refractivity contribution < 1.29 is 43.2 Å². The summed E-state index contributed by atoms with van der Waals surface area (Å²) in [5.74, 6) is 2.88. The largest absolute Gasteiger partial charge is 0.508 e. The van der Waals surface area contributed by atoms with E-state index in [4.69, 9.17) is 24.7 Å². The van der Waals surface area contributed by atoms with Crippen molar-refractivity contribution in [2.24, 2.45) is 23.5 Å². The van der Waals surface area contributed by atoms with Gasteiger partial charge >= 0.3 is 24.4 Å². The Morgan fingerprint density at radius 3 is 1.20 bits per heavy atom. The lowest BCUT2D eigenvalue weighted by atomic mass is 9.59. The molecule has 6 bridgehead atoms. The van der Waals surface area contributed by atoms with E-state index in [9.17, 15) is 24.3 Å². The Morgan fingerprint density at radius 2 is 0.783 bits per heavy atom. The van der Waals surface area contributed by atoms with Crippen molar-refractivity contribution >= 4 is 24.4 Å². The van der Waals surface area contributed by atoms with Gasteiger partial charge in [-0.3, -0.25) is 0 Å². The first-order valence-corrected chi connectivity index (χ1v) is 39.8. The number of phenols is 1. The zero-order chi connectivity index (χ0) is 73.3. The quantitative estimate of drug-likeness (QED) is 0.113. The highest BCUT2D eigenvalue weighted by Crippen LogP contribution is 2.52. The Hall–Kier alpha value is -8.70. The fourth-order valence-corrected chi connectivity index (χ4v) is 20.5. The molecule has 0 spiro atoms. The number of ether oxygens (including phenoxy) is 4. The van der Waals surface area contributed by atoms with Crippen molar-refractivity contribution in [3.05, 3.63) is 207 Å². The van der Waals surface area contributed by atoms with E-state index < -0.39 is 0 Å². The molecule has 16 nitrogen and oxygen atoms in total. The number of carbonyl (C=O) groups is 4. The van der Waals surface area contributed by atoms with Gasteiger partial charge in [0.2, 0.25) is 0 Å². The number of piperazine rings is 2. The molecule has 2 saturated heterocycles. The maximum atomic E-state index is 13.6. The van der Waals surface area contributed by atoms with Crippen LogP contribution in [0, 0.1) is 17.8 Å². The first-order valence-electron chi connectivity index (χ1n) is 39.8. The Bertz CT molecular complexity index is 4260. The van der Waals surface area contributed by atoms with Crippen molar-refractivity contribution in [1.29, 1.82) is 0 Å². The molecule has 2 heterocycles. The molecule has 0 radical (unpaired) electrons. The minimum atomic E-state index is -0.352. The number of likely N-dealkylation sites (N-methyl/N-ethyl adjacent to an activating group) is 2. The number of aromatic hydroxyl groups is 1. The number of carbonyl (C=O) groups excluding carboxylic acids is 4. The van der Waals surface area contributed by atoms with E-state index in [2.05, 4.69) is 183 Å². The Kier molecular flexibility index (Phi) is 21.5. The van der Waals surface area contributed by atoms with Crippen LogP contribution < -0.4 is 25.8 Å². The van der Waals surface area contributed by atoms with Gasteiger partial charge < -0.3 is 60.0 Å². The number of hydrogen-bond donors (Lipinski definition) is 4. The molecular formula is C90H109N7O9. The fraction of sp³-hybridized carbons (Fsp3) is 0.489. The molecule has 7 aromatic carbocycles. The summed E-state index contributed by atoms with van der Waals surface area (Å²) in [6.07, 6.45) is 19.0. The highest BCUT2D eigenvalue weighted by atomic mass is 16.6. The van der Waals surface area contributed by atoms with Gasteiger partial charge in [-0.2, -0.15) is 0 Å². The van der Waals surface area contributed by atoms with E-state index in [1.165, 1.54) is 129 Å². The van der Waals surface area contributed by atoms with E-state index in [0.717, 1.165) is 103 Å². The summed E-state index contributed by atoms with van der Waals surface area (Å²) in [4.78, 5) is 60.4. The summed E-state index contributed by atoms with van der Waals surface area (Å²) in [5, 5.41) is 16.9. The predicted octanol–water partition coefficient (Wildman–Crippen LogP) is 16.6. The number of rotatable bonds is 8. The molecular weight excluding hydrogens is 1320 g/mol. The topological polar surface area (TPSA) is 188 Å². The van der Waals surface area contributed by atoms with Crippen molar-refractivity contribution in [2.45, 2.75) is 183 Å². The molecule has 0 unspecified atom stereocenters. The number of nitrogens with two attached hydrogens (primary N) is 1. The molecule has 9 atom stereocenters. The number of alkyl carbamates (subject to hydrolysis) is 2. The summed E-state index contributed by atoms with van der Waals surface area (Å²) in [5.41, 5.74) is 23.7. The summed E-state index contributed by atoms with van der Waals surface area (Å²) in [6.45, 7) is 13.8. The van der Waals surface area contributed by atoms with Gasteiger partial charge in [-0.25, -0.2) is 19.2 Å². The number of nitrogens with one attached hydrogen (secondary N) is 2. The first-order chi connectivity index (χ1) is 51.4. The molecule has 5 N–H and O–H groups in total. The zero-order valence-corrected chi connectivity index (χ0v) is 62.9. The van der Waals surface area contributed by atoms with E-state index in [-0.39, 0.29) is 70.6 Å². The second-order valence-electron chi connectivity index (χ2n) is 33.2. The van der Waals surface area contributed by atoms with Crippen molar-refractivity contribution in [3.63, 3.8) is 0 Å². The second kappa shape index (κ2) is 31.2.